The lowest BCUT2D eigenvalue weighted by Crippen LogP contribution is -2.50. The summed E-state index contributed by atoms with van der Waals surface area (Å²) in [5.74, 6) is -0.964. The van der Waals surface area contributed by atoms with Gasteiger partial charge in [0.05, 0.1) is 0 Å². The van der Waals surface area contributed by atoms with Crippen LogP contribution in [0.5, 0.6) is 0 Å². The van der Waals surface area contributed by atoms with Gasteiger partial charge in [-0.05, 0) is 6.92 Å². The lowest BCUT2D eigenvalue weighted by molar-refractivity contribution is 0.108. The quantitative estimate of drug-likeness (QED) is 0.756. The van der Waals surface area contributed by atoms with Crippen molar-refractivity contribution >= 4 is 5.70 Å². The molecule has 0 spiro atoms. The number of rotatable bonds is 1. The van der Waals surface area contributed by atoms with Crippen molar-refractivity contribution in [2.45, 2.75) is 12.7 Å². The average molecular weight is 218 g/mol. The van der Waals surface area contributed by atoms with Crippen LogP contribution in [-0.4, -0.2) is 22.8 Å². The molecule has 0 bridgehead atoms. The molecule has 0 aliphatic carbocycles. The molecule has 0 aromatic heterocycles. The van der Waals surface area contributed by atoms with Crippen molar-refractivity contribution in [1.82, 2.24) is 4.90 Å². The Morgan fingerprint density at radius 3 is 2.56 bits per heavy atom. The third-order valence-corrected chi connectivity index (χ3v) is 2.61. The van der Waals surface area contributed by atoms with E-state index in [-0.39, 0.29) is 5.88 Å². The molecule has 1 aliphatic rings. The zero-order valence-corrected chi connectivity index (χ0v) is 9.25. The number of nitrogens with zero attached hydrogens (tertiary/aromatic N) is 3. The Bertz CT molecular complexity index is 450. The molecule has 5 nitrogen and oxygen atoms in total. The van der Waals surface area contributed by atoms with Gasteiger partial charge in [0.15, 0.2) is 5.70 Å². The summed E-state index contributed by atoms with van der Waals surface area (Å²) in [7, 11) is 1.68. The largest absolute Gasteiger partial charge is 0.493 e. The molecule has 2 rings (SSSR count). The number of hydrogen-bond donors (Lipinski definition) is 2. The van der Waals surface area contributed by atoms with E-state index in [9.17, 15) is 5.11 Å². The number of aliphatic hydroxyl groups excluding tert-OH is 1. The van der Waals surface area contributed by atoms with Crippen LogP contribution >= 0.6 is 0 Å². The molecule has 0 saturated carbocycles. The summed E-state index contributed by atoms with van der Waals surface area (Å²) in [6.45, 7) is 1.68. The molecule has 5 heteroatoms. The van der Waals surface area contributed by atoms with Crippen LogP contribution in [0.4, 0.5) is 0 Å². The number of aliphatic hydroxyl groups is 1. The summed E-state index contributed by atoms with van der Waals surface area (Å²) in [6.07, 6.45) is 0. The van der Waals surface area contributed by atoms with Gasteiger partial charge in [-0.2, -0.15) is 0 Å². The molecule has 1 heterocycles. The van der Waals surface area contributed by atoms with E-state index < -0.39 is 5.79 Å². The van der Waals surface area contributed by atoms with Crippen LogP contribution in [0.15, 0.2) is 46.4 Å². The monoisotopic (exact) mass is 218 g/mol. The molecule has 3 N–H and O–H groups in total. The van der Waals surface area contributed by atoms with Gasteiger partial charge in [-0.15, -0.1) is 10.2 Å². The smallest absolute Gasteiger partial charge is 0.218 e. The normalized spacial score (nSPS) is 25.1. The van der Waals surface area contributed by atoms with Crippen LogP contribution in [0.2, 0.25) is 0 Å². The Balaban J connectivity index is 2.45. The first-order valence-corrected chi connectivity index (χ1v) is 4.96. The van der Waals surface area contributed by atoms with Crippen molar-refractivity contribution < 1.29 is 5.11 Å². The van der Waals surface area contributed by atoms with Crippen molar-refractivity contribution in [2.75, 3.05) is 7.05 Å². The second-order valence-corrected chi connectivity index (χ2v) is 3.89. The van der Waals surface area contributed by atoms with E-state index >= 15 is 0 Å². The summed E-state index contributed by atoms with van der Waals surface area (Å²) in [5, 5.41) is 17.9. The molecule has 1 aromatic carbocycles. The van der Waals surface area contributed by atoms with Gasteiger partial charge in [0.1, 0.15) is 0 Å². The van der Waals surface area contributed by atoms with Gasteiger partial charge in [-0.1, -0.05) is 30.3 Å². The molecule has 0 fully saturated rings. The third kappa shape index (κ3) is 1.65. The minimum absolute atomic E-state index is 0.0335. The number of azo groups is 1. The van der Waals surface area contributed by atoms with Crippen molar-refractivity contribution in [2.24, 2.45) is 16.0 Å². The second-order valence-electron chi connectivity index (χ2n) is 3.89. The maximum Gasteiger partial charge on any atom is 0.218 e. The van der Waals surface area contributed by atoms with Crippen LogP contribution in [-0.2, 0) is 0 Å². The highest BCUT2D eigenvalue weighted by Gasteiger charge is 2.31. The topological polar surface area (TPSA) is 74.2 Å². The van der Waals surface area contributed by atoms with E-state index in [2.05, 4.69) is 10.2 Å². The molecule has 0 radical (unpaired) electrons. The summed E-state index contributed by atoms with van der Waals surface area (Å²) in [6, 6.07) is 9.37. The first-order chi connectivity index (χ1) is 7.52. The first-order valence-electron chi connectivity index (χ1n) is 4.96. The standard InChI is InChI=1S/C11H14N4O/c1-11(12)14-13-9(10(16)15(11)2)8-6-4-3-5-7-8/h3-7,16H,12H2,1-2H3. The van der Waals surface area contributed by atoms with Crippen LogP contribution in [0.3, 0.4) is 0 Å². The minimum atomic E-state index is -0.998. The van der Waals surface area contributed by atoms with Gasteiger partial charge < -0.3 is 10.0 Å². The number of nitrogens with two attached hydrogens (primary N) is 1. The molecular formula is C11H14N4O. The van der Waals surface area contributed by atoms with Gasteiger partial charge in [-0.3, -0.25) is 5.73 Å². The molecule has 1 unspecified atom stereocenters. The van der Waals surface area contributed by atoms with Crippen LogP contribution in [0, 0.1) is 0 Å². The Labute approximate surface area is 93.9 Å². The number of benzene rings is 1. The molecule has 0 saturated heterocycles. The van der Waals surface area contributed by atoms with Gasteiger partial charge in [0, 0.05) is 12.6 Å². The van der Waals surface area contributed by atoms with E-state index in [4.69, 9.17) is 5.73 Å². The minimum Gasteiger partial charge on any atom is -0.493 e. The predicted molar refractivity (Wildman–Crippen MR) is 61.2 cm³/mol. The lowest BCUT2D eigenvalue weighted by Gasteiger charge is -2.34. The van der Waals surface area contributed by atoms with Crippen LogP contribution < -0.4 is 5.73 Å². The Kier molecular flexibility index (Phi) is 2.40. The van der Waals surface area contributed by atoms with Crippen LogP contribution in [0.1, 0.15) is 12.5 Å². The van der Waals surface area contributed by atoms with Crippen LogP contribution in [0.25, 0.3) is 5.70 Å². The molecular weight excluding hydrogens is 204 g/mol. The van der Waals surface area contributed by atoms with Crippen molar-refractivity contribution in [3.8, 4) is 0 Å². The Hall–Kier alpha value is -1.88. The zero-order valence-electron chi connectivity index (χ0n) is 9.25. The molecule has 0 amide bonds. The number of hydrogen-bond acceptors (Lipinski definition) is 5. The summed E-state index contributed by atoms with van der Waals surface area (Å²) in [5.41, 5.74) is 7.07. The highest BCUT2D eigenvalue weighted by Crippen LogP contribution is 2.29. The average Bonchev–Trinajstić information content (AvgIpc) is 2.27. The van der Waals surface area contributed by atoms with E-state index in [1.54, 1.807) is 14.0 Å². The highest BCUT2D eigenvalue weighted by atomic mass is 16.3. The van der Waals surface area contributed by atoms with Gasteiger partial charge in [0.25, 0.3) is 0 Å². The van der Waals surface area contributed by atoms with Crippen molar-refractivity contribution in [1.29, 1.82) is 0 Å². The molecule has 84 valence electrons. The van der Waals surface area contributed by atoms with Gasteiger partial charge in [0.2, 0.25) is 11.7 Å². The Morgan fingerprint density at radius 1 is 1.31 bits per heavy atom. The van der Waals surface area contributed by atoms with E-state index in [1.165, 1.54) is 4.90 Å². The summed E-state index contributed by atoms with van der Waals surface area (Å²) < 4.78 is 0. The third-order valence-electron chi connectivity index (χ3n) is 2.61. The molecule has 16 heavy (non-hydrogen) atoms. The first kappa shape index (κ1) is 10.6. The Morgan fingerprint density at radius 2 is 1.94 bits per heavy atom. The van der Waals surface area contributed by atoms with Crippen molar-refractivity contribution in [3.63, 3.8) is 0 Å². The lowest BCUT2D eigenvalue weighted by atomic mass is 10.1. The predicted octanol–water partition coefficient (Wildman–Crippen LogP) is 1.90. The van der Waals surface area contributed by atoms with Gasteiger partial charge >= 0.3 is 0 Å². The van der Waals surface area contributed by atoms with E-state index in [0.717, 1.165) is 5.56 Å². The zero-order chi connectivity index (χ0) is 11.8. The van der Waals surface area contributed by atoms with E-state index in [0.29, 0.717) is 5.70 Å². The van der Waals surface area contributed by atoms with Crippen molar-refractivity contribution in [3.05, 3.63) is 41.8 Å². The fourth-order valence-corrected chi connectivity index (χ4v) is 1.42. The maximum atomic E-state index is 10.00. The second kappa shape index (κ2) is 3.61. The fraction of sp³-hybridized carbons (Fsp3) is 0.273. The molecule has 1 aliphatic heterocycles. The fourth-order valence-electron chi connectivity index (χ4n) is 1.42. The summed E-state index contributed by atoms with van der Waals surface area (Å²) >= 11 is 0. The van der Waals surface area contributed by atoms with Gasteiger partial charge in [-0.25, -0.2) is 0 Å². The molecule has 1 atom stereocenters. The SMILES string of the molecule is CN1C(O)=C(c2ccccc2)N=NC1(C)N. The summed E-state index contributed by atoms with van der Waals surface area (Å²) in [4.78, 5) is 1.49. The van der Waals surface area contributed by atoms with E-state index in [1.807, 2.05) is 30.3 Å². The maximum absolute atomic E-state index is 10.00. The highest BCUT2D eigenvalue weighted by molar-refractivity contribution is 5.66. The molecule has 1 aromatic rings.